The molecule has 1 saturated heterocycles. The van der Waals surface area contributed by atoms with E-state index >= 15 is 0 Å². The van der Waals surface area contributed by atoms with Crippen LogP contribution in [-0.4, -0.2) is 67.3 Å². The Morgan fingerprint density at radius 3 is 2.50 bits per heavy atom. The highest BCUT2D eigenvalue weighted by Crippen LogP contribution is 2.21. The normalized spacial score (nSPS) is 16.7. The van der Waals surface area contributed by atoms with E-state index < -0.39 is 5.97 Å². The van der Waals surface area contributed by atoms with Crippen LogP contribution in [0.5, 0.6) is 0 Å². The molecule has 1 N–H and O–H groups in total. The number of urea groups is 1. The fraction of sp³-hybridized carbons (Fsp3) is 0.833. The number of hydrogen-bond acceptors (Lipinski definition) is 3. The van der Waals surface area contributed by atoms with E-state index in [9.17, 15) is 9.59 Å². The number of ether oxygens (including phenoxy) is 1. The summed E-state index contributed by atoms with van der Waals surface area (Å²) in [6.07, 6.45) is 1.76. The Hall–Kier alpha value is -1.30. The highest BCUT2D eigenvalue weighted by molar-refractivity contribution is 5.74. The van der Waals surface area contributed by atoms with Gasteiger partial charge in [-0.15, -0.1) is 0 Å². The van der Waals surface area contributed by atoms with Gasteiger partial charge in [0, 0.05) is 40.2 Å². The topological polar surface area (TPSA) is 70.1 Å². The van der Waals surface area contributed by atoms with Crippen LogP contribution in [0.1, 0.15) is 19.3 Å². The fourth-order valence-electron chi connectivity index (χ4n) is 2.14. The van der Waals surface area contributed by atoms with Crippen LogP contribution in [0.4, 0.5) is 4.79 Å². The zero-order valence-electron chi connectivity index (χ0n) is 11.1. The number of nitrogens with zero attached hydrogens (tertiary/aromatic N) is 2. The molecular weight excluding hydrogens is 236 g/mol. The summed E-state index contributed by atoms with van der Waals surface area (Å²) in [5.74, 6) is -0.548. The van der Waals surface area contributed by atoms with Crippen molar-refractivity contribution in [3.8, 4) is 0 Å². The van der Waals surface area contributed by atoms with Gasteiger partial charge < -0.3 is 19.6 Å². The van der Waals surface area contributed by atoms with Gasteiger partial charge in [-0.25, -0.2) is 4.79 Å². The molecule has 0 radical (unpaired) electrons. The summed E-state index contributed by atoms with van der Waals surface area (Å²) in [6.45, 7) is 2.39. The molecule has 18 heavy (non-hydrogen) atoms. The predicted molar refractivity (Wildman–Crippen MR) is 66.5 cm³/mol. The molecule has 0 aromatic heterocycles. The minimum atomic E-state index is -0.753. The zero-order valence-corrected chi connectivity index (χ0v) is 11.1. The molecule has 1 rings (SSSR count). The molecule has 1 aliphatic rings. The molecule has 1 heterocycles. The second kappa shape index (κ2) is 7.20. The number of carboxylic acids is 1. The summed E-state index contributed by atoms with van der Waals surface area (Å²) in [4.78, 5) is 26.0. The first kappa shape index (κ1) is 14.8. The molecule has 0 aromatic rings. The molecule has 2 amide bonds. The van der Waals surface area contributed by atoms with Crippen LogP contribution in [0.2, 0.25) is 0 Å². The third-order valence-electron chi connectivity index (χ3n) is 3.31. The summed E-state index contributed by atoms with van der Waals surface area (Å²) < 4.78 is 4.93. The zero-order chi connectivity index (χ0) is 13.5. The number of hydrogen-bond donors (Lipinski definition) is 1. The lowest BCUT2D eigenvalue weighted by Gasteiger charge is -2.34. The number of carbonyl (C=O) groups excluding carboxylic acids is 1. The second-order valence-corrected chi connectivity index (χ2v) is 4.73. The minimum absolute atomic E-state index is 0.000764. The molecule has 0 aliphatic carbocycles. The van der Waals surface area contributed by atoms with Crippen LogP contribution in [0.15, 0.2) is 0 Å². The summed E-state index contributed by atoms with van der Waals surface area (Å²) >= 11 is 0. The van der Waals surface area contributed by atoms with Crippen molar-refractivity contribution in [3.63, 3.8) is 0 Å². The molecule has 6 nitrogen and oxygen atoms in total. The first-order valence-corrected chi connectivity index (χ1v) is 6.25. The van der Waals surface area contributed by atoms with Gasteiger partial charge in [-0.3, -0.25) is 4.79 Å². The first-order valence-electron chi connectivity index (χ1n) is 6.25. The van der Waals surface area contributed by atoms with Crippen LogP contribution in [0.25, 0.3) is 0 Å². The van der Waals surface area contributed by atoms with Crippen molar-refractivity contribution in [1.29, 1.82) is 0 Å². The molecule has 0 bridgehead atoms. The van der Waals surface area contributed by atoms with Crippen molar-refractivity contribution in [2.75, 3.05) is 40.4 Å². The van der Waals surface area contributed by atoms with Gasteiger partial charge in [-0.05, 0) is 18.8 Å². The highest BCUT2D eigenvalue weighted by atomic mass is 16.5. The summed E-state index contributed by atoms with van der Waals surface area (Å²) in [7, 11) is 3.36. The Balaban J connectivity index is 2.33. The molecule has 1 aliphatic heterocycles. The Labute approximate surface area is 107 Å². The first-order chi connectivity index (χ1) is 8.54. The van der Waals surface area contributed by atoms with Crippen LogP contribution in [0.3, 0.4) is 0 Å². The van der Waals surface area contributed by atoms with Crippen LogP contribution in [-0.2, 0) is 9.53 Å². The van der Waals surface area contributed by atoms with E-state index in [1.165, 1.54) is 0 Å². The SMILES string of the molecule is COCCN(C)C(=O)N1CCC(CC(=O)O)CC1. The number of piperidine rings is 1. The van der Waals surface area contributed by atoms with Crippen molar-refractivity contribution in [2.24, 2.45) is 5.92 Å². The van der Waals surface area contributed by atoms with Gasteiger partial charge in [0.25, 0.3) is 0 Å². The maximum absolute atomic E-state index is 12.0. The van der Waals surface area contributed by atoms with Crippen molar-refractivity contribution in [3.05, 3.63) is 0 Å². The largest absolute Gasteiger partial charge is 0.481 e. The number of aliphatic carboxylic acids is 1. The lowest BCUT2D eigenvalue weighted by Crippen LogP contribution is -2.46. The Bertz CT molecular complexity index is 288. The van der Waals surface area contributed by atoms with Gasteiger partial charge in [0.2, 0.25) is 0 Å². The third-order valence-corrected chi connectivity index (χ3v) is 3.31. The van der Waals surface area contributed by atoms with Gasteiger partial charge in [0.15, 0.2) is 0 Å². The van der Waals surface area contributed by atoms with E-state index in [2.05, 4.69) is 0 Å². The number of carboxylic acid groups (broad SMARTS) is 1. The average Bonchev–Trinajstić information content (AvgIpc) is 2.35. The smallest absolute Gasteiger partial charge is 0.319 e. The maximum Gasteiger partial charge on any atom is 0.319 e. The molecule has 104 valence electrons. The van der Waals surface area contributed by atoms with Crippen molar-refractivity contribution in [2.45, 2.75) is 19.3 Å². The highest BCUT2D eigenvalue weighted by Gasteiger charge is 2.25. The molecule has 0 unspecified atom stereocenters. The van der Waals surface area contributed by atoms with Gasteiger partial charge >= 0.3 is 12.0 Å². The van der Waals surface area contributed by atoms with Gasteiger partial charge in [0.05, 0.1) is 6.61 Å². The average molecular weight is 258 g/mol. The molecule has 0 aromatic carbocycles. The minimum Gasteiger partial charge on any atom is -0.481 e. The maximum atomic E-state index is 12.0. The van der Waals surface area contributed by atoms with E-state index in [1.807, 2.05) is 0 Å². The monoisotopic (exact) mass is 258 g/mol. The molecule has 6 heteroatoms. The summed E-state index contributed by atoms with van der Waals surface area (Å²) in [6, 6.07) is 0.000764. The van der Waals surface area contributed by atoms with Crippen molar-refractivity contribution in [1.82, 2.24) is 9.80 Å². The van der Waals surface area contributed by atoms with Crippen LogP contribution >= 0.6 is 0 Å². The standard InChI is InChI=1S/C12H22N2O4/c1-13(7-8-18-2)12(17)14-5-3-10(4-6-14)9-11(15)16/h10H,3-9H2,1-2H3,(H,15,16). The van der Waals surface area contributed by atoms with Gasteiger partial charge in [0.1, 0.15) is 0 Å². The number of likely N-dealkylation sites (tertiary alicyclic amines) is 1. The number of carbonyl (C=O) groups is 2. The van der Waals surface area contributed by atoms with E-state index in [0.717, 1.165) is 12.8 Å². The molecule has 1 fully saturated rings. The Morgan fingerprint density at radius 1 is 1.39 bits per heavy atom. The number of amides is 2. The van der Waals surface area contributed by atoms with Crippen molar-refractivity contribution >= 4 is 12.0 Å². The molecular formula is C12H22N2O4. The van der Waals surface area contributed by atoms with Crippen molar-refractivity contribution < 1.29 is 19.4 Å². The second-order valence-electron chi connectivity index (χ2n) is 4.73. The number of rotatable bonds is 5. The lowest BCUT2D eigenvalue weighted by molar-refractivity contribution is -0.138. The van der Waals surface area contributed by atoms with E-state index in [0.29, 0.717) is 26.2 Å². The third kappa shape index (κ3) is 4.52. The lowest BCUT2D eigenvalue weighted by atomic mass is 9.94. The molecule has 0 spiro atoms. The van der Waals surface area contributed by atoms with Gasteiger partial charge in [-0.1, -0.05) is 0 Å². The summed E-state index contributed by atoms with van der Waals surface area (Å²) in [5.41, 5.74) is 0. The van der Waals surface area contributed by atoms with Gasteiger partial charge in [-0.2, -0.15) is 0 Å². The van der Waals surface area contributed by atoms with E-state index in [4.69, 9.17) is 9.84 Å². The fourth-order valence-corrected chi connectivity index (χ4v) is 2.14. The van der Waals surface area contributed by atoms with Crippen LogP contribution < -0.4 is 0 Å². The molecule has 0 saturated carbocycles. The van der Waals surface area contributed by atoms with Crippen LogP contribution in [0, 0.1) is 5.92 Å². The predicted octanol–water partition coefficient (Wildman–Crippen LogP) is 0.871. The quantitative estimate of drug-likeness (QED) is 0.794. The summed E-state index contributed by atoms with van der Waals surface area (Å²) in [5, 5.41) is 8.72. The number of likely N-dealkylation sites (N-methyl/N-ethyl adjacent to an activating group) is 1. The van der Waals surface area contributed by atoms with E-state index in [1.54, 1.807) is 24.0 Å². The number of methoxy groups -OCH3 is 1. The Morgan fingerprint density at radius 2 is 2.00 bits per heavy atom. The van der Waals surface area contributed by atoms with E-state index in [-0.39, 0.29) is 18.4 Å². The molecule has 0 atom stereocenters. The Kier molecular flexibility index (Phi) is 5.91.